The van der Waals surface area contributed by atoms with Crippen LogP contribution >= 0.6 is 0 Å². The summed E-state index contributed by atoms with van der Waals surface area (Å²) in [5.41, 5.74) is 6.33. The molecular weight excluding hydrogens is 205 g/mol. The van der Waals surface area contributed by atoms with Gasteiger partial charge < -0.3 is 10.5 Å². The van der Waals surface area contributed by atoms with Crippen molar-refractivity contribution in [2.24, 2.45) is 11.7 Å². The van der Waals surface area contributed by atoms with Gasteiger partial charge >= 0.3 is 0 Å². The summed E-state index contributed by atoms with van der Waals surface area (Å²) in [7, 11) is 0. The van der Waals surface area contributed by atoms with Crippen LogP contribution in [0.2, 0.25) is 0 Å². The van der Waals surface area contributed by atoms with Gasteiger partial charge in [-0.25, -0.2) is 4.39 Å². The minimum absolute atomic E-state index is 0.297. The van der Waals surface area contributed by atoms with Crippen LogP contribution in [-0.4, -0.2) is 13.2 Å². The Balaban J connectivity index is 2.68. The van der Waals surface area contributed by atoms with E-state index in [9.17, 15) is 4.39 Å². The Morgan fingerprint density at radius 1 is 1.38 bits per heavy atom. The number of hydrogen-bond donors (Lipinski definition) is 1. The van der Waals surface area contributed by atoms with Crippen LogP contribution in [0.15, 0.2) is 18.2 Å². The molecule has 0 amide bonds. The number of hydrogen-bond acceptors (Lipinski definition) is 2. The van der Waals surface area contributed by atoms with Gasteiger partial charge in [-0.1, -0.05) is 26.0 Å². The number of halogens is 1. The highest BCUT2D eigenvalue weighted by molar-refractivity contribution is 5.35. The Hall–Kier alpha value is -1.09. The van der Waals surface area contributed by atoms with Crippen molar-refractivity contribution in [3.8, 4) is 5.75 Å². The molecule has 0 aliphatic heterocycles. The van der Waals surface area contributed by atoms with Gasteiger partial charge in [-0.2, -0.15) is 0 Å². The Kier molecular flexibility index (Phi) is 5.26. The van der Waals surface area contributed by atoms with Gasteiger partial charge in [0.05, 0.1) is 6.61 Å². The number of rotatable bonds is 6. The molecule has 1 aromatic carbocycles. The Morgan fingerprint density at radius 3 is 2.75 bits per heavy atom. The lowest BCUT2D eigenvalue weighted by molar-refractivity contribution is 0.274. The molecule has 1 aromatic rings. The van der Waals surface area contributed by atoms with Crippen LogP contribution in [0, 0.1) is 11.7 Å². The molecule has 0 saturated carbocycles. The van der Waals surface area contributed by atoms with Crippen LogP contribution in [0.1, 0.15) is 25.8 Å². The normalized spacial score (nSPS) is 10.8. The summed E-state index contributed by atoms with van der Waals surface area (Å²) in [4.78, 5) is 0. The number of nitrogens with two attached hydrogens (primary N) is 1. The predicted octanol–water partition coefficient (Wildman–Crippen LogP) is 2.75. The number of benzene rings is 1. The standard InChI is InChI=1S/C13H20FNO/c1-10(2)7-9-16-13-11(6-8-15)4-3-5-12(13)14/h3-5,10H,6-9,15H2,1-2H3. The van der Waals surface area contributed by atoms with Gasteiger partial charge in [-0.3, -0.25) is 0 Å². The van der Waals surface area contributed by atoms with Crippen molar-refractivity contribution in [3.63, 3.8) is 0 Å². The topological polar surface area (TPSA) is 35.2 Å². The summed E-state index contributed by atoms with van der Waals surface area (Å²) in [6, 6.07) is 4.97. The van der Waals surface area contributed by atoms with Crippen LogP contribution in [-0.2, 0) is 6.42 Å². The smallest absolute Gasteiger partial charge is 0.165 e. The zero-order valence-corrected chi connectivity index (χ0v) is 10.0. The maximum Gasteiger partial charge on any atom is 0.165 e. The fourth-order valence-electron chi connectivity index (χ4n) is 1.46. The molecule has 3 heteroatoms. The molecule has 0 fully saturated rings. The molecule has 90 valence electrons. The van der Waals surface area contributed by atoms with Crippen molar-refractivity contribution < 1.29 is 9.13 Å². The molecule has 0 heterocycles. The second-order valence-corrected chi connectivity index (χ2v) is 4.30. The fraction of sp³-hybridized carbons (Fsp3) is 0.538. The number of para-hydroxylation sites is 1. The minimum atomic E-state index is -0.297. The van der Waals surface area contributed by atoms with E-state index < -0.39 is 0 Å². The van der Waals surface area contributed by atoms with Crippen molar-refractivity contribution in [1.82, 2.24) is 0 Å². The predicted molar refractivity (Wildman–Crippen MR) is 64.1 cm³/mol. The maximum atomic E-state index is 13.5. The summed E-state index contributed by atoms with van der Waals surface area (Å²) >= 11 is 0. The highest BCUT2D eigenvalue weighted by atomic mass is 19.1. The molecule has 0 unspecified atom stereocenters. The van der Waals surface area contributed by atoms with Crippen LogP contribution in [0.5, 0.6) is 5.75 Å². The van der Waals surface area contributed by atoms with E-state index in [1.54, 1.807) is 6.07 Å². The van der Waals surface area contributed by atoms with E-state index in [1.165, 1.54) is 6.07 Å². The molecule has 16 heavy (non-hydrogen) atoms. The van der Waals surface area contributed by atoms with Gasteiger partial charge in [-0.15, -0.1) is 0 Å². The van der Waals surface area contributed by atoms with E-state index in [1.807, 2.05) is 6.07 Å². The molecule has 0 radical (unpaired) electrons. The monoisotopic (exact) mass is 225 g/mol. The minimum Gasteiger partial charge on any atom is -0.490 e. The van der Waals surface area contributed by atoms with Gasteiger partial charge in [0.25, 0.3) is 0 Å². The average molecular weight is 225 g/mol. The molecular formula is C13H20FNO. The van der Waals surface area contributed by atoms with Gasteiger partial charge in [0.2, 0.25) is 0 Å². The summed E-state index contributed by atoms with van der Waals surface area (Å²) < 4.78 is 19.0. The molecule has 0 aliphatic carbocycles. The quantitative estimate of drug-likeness (QED) is 0.808. The highest BCUT2D eigenvalue weighted by Crippen LogP contribution is 2.23. The van der Waals surface area contributed by atoms with Crippen LogP contribution < -0.4 is 10.5 Å². The van der Waals surface area contributed by atoms with Crippen LogP contribution in [0.25, 0.3) is 0 Å². The third-order valence-electron chi connectivity index (χ3n) is 2.40. The maximum absolute atomic E-state index is 13.5. The van der Waals surface area contributed by atoms with Crippen LogP contribution in [0.4, 0.5) is 4.39 Å². The second-order valence-electron chi connectivity index (χ2n) is 4.30. The van der Waals surface area contributed by atoms with Crippen molar-refractivity contribution in [3.05, 3.63) is 29.6 Å². The molecule has 2 N–H and O–H groups in total. The molecule has 1 rings (SSSR count). The Labute approximate surface area is 96.6 Å². The first-order valence-electron chi connectivity index (χ1n) is 5.75. The fourth-order valence-corrected chi connectivity index (χ4v) is 1.46. The zero-order chi connectivity index (χ0) is 12.0. The van der Waals surface area contributed by atoms with E-state index in [2.05, 4.69) is 13.8 Å². The first kappa shape index (κ1) is 13.0. The third-order valence-corrected chi connectivity index (χ3v) is 2.40. The van der Waals surface area contributed by atoms with Crippen molar-refractivity contribution >= 4 is 0 Å². The molecule has 0 aromatic heterocycles. The third kappa shape index (κ3) is 3.81. The average Bonchev–Trinajstić information content (AvgIpc) is 2.22. The van der Waals surface area contributed by atoms with Crippen LogP contribution in [0.3, 0.4) is 0 Å². The molecule has 0 bridgehead atoms. The van der Waals surface area contributed by atoms with Gasteiger partial charge in [0.1, 0.15) is 0 Å². The lowest BCUT2D eigenvalue weighted by atomic mass is 10.1. The largest absolute Gasteiger partial charge is 0.490 e. The van der Waals surface area contributed by atoms with E-state index in [4.69, 9.17) is 10.5 Å². The summed E-state index contributed by atoms with van der Waals surface area (Å²) in [6.07, 6.45) is 1.57. The number of ether oxygens (including phenoxy) is 1. The van der Waals surface area contributed by atoms with Crippen molar-refractivity contribution in [2.75, 3.05) is 13.2 Å². The summed E-state index contributed by atoms with van der Waals surface area (Å²) in [5, 5.41) is 0. The van der Waals surface area contributed by atoms with E-state index in [0.29, 0.717) is 31.2 Å². The first-order valence-corrected chi connectivity index (χ1v) is 5.75. The second kappa shape index (κ2) is 6.48. The molecule has 0 aliphatic rings. The lowest BCUT2D eigenvalue weighted by Gasteiger charge is -2.12. The summed E-state index contributed by atoms with van der Waals surface area (Å²) in [5.74, 6) is 0.632. The van der Waals surface area contributed by atoms with Crippen molar-refractivity contribution in [1.29, 1.82) is 0 Å². The van der Waals surface area contributed by atoms with E-state index >= 15 is 0 Å². The molecule has 2 nitrogen and oxygen atoms in total. The van der Waals surface area contributed by atoms with Gasteiger partial charge in [0, 0.05) is 0 Å². The molecule has 0 saturated heterocycles. The molecule has 0 atom stereocenters. The zero-order valence-electron chi connectivity index (χ0n) is 10.0. The Bertz CT molecular complexity index is 326. The first-order chi connectivity index (χ1) is 7.65. The van der Waals surface area contributed by atoms with Crippen molar-refractivity contribution in [2.45, 2.75) is 26.7 Å². The van der Waals surface area contributed by atoms with E-state index in [-0.39, 0.29) is 5.82 Å². The summed E-state index contributed by atoms with van der Waals surface area (Å²) in [6.45, 7) is 5.29. The van der Waals surface area contributed by atoms with E-state index in [0.717, 1.165) is 12.0 Å². The SMILES string of the molecule is CC(C)CCOc1c(F)cccc1CCN. The van der Waals surface area contributed by atoms with Gasteiger partial charge in [0.15, 0.2) is 11.6 Å². The Morgan fingerprint density at radius 2 is 2.12 bits per heavy atom. The highest BCUT2D eigenvalue weighted by Gasteiger charge is 2.09. The lowest BCUT2D eigenvalue weighted by Crippen LogP contribution is -2.08. The van der Waals surface area contributed by atoms with Gasteiger partial charge in [-0.05, 0) is 36.9 Å². The molecule has 0 spiro atoms.